The van der Waals surface area contributed by atoms with E-state index in [0.717, 1.165) is 11.1 Å². The largest absolute Gasteiger partial charge is 0.490 e. The lowest BCUT2D eigenvalue weighted by Gasteiger charge is -2.23. The van der Waals surface area contributed by atoms with Crippen LogP contribution in [0.15, 0.2) is 85.1 Å². The van der Waals surface area contributed by atoms with Gasteiger partial charge in [-0.25, -0.2) is 9.79 Å². The summed E-state index contributed by atoms with van der Waals surface area (Å²) < 4.78 is 26.0. The molecule has 4 aromatic rings. The van der Waals surface area contributed by atoms with Crippen LogP contribution in [-0.2, 0) is 16.1 Å². The SMILES string of the molecule is CCOc1ccc([C@@H]2C(C(=O)OC)=CN=c3s/c(=C/c4cc(Br)c(OCc5cccc(Cl)c5)c(Br)c4)c(=O)n32)cc1OCC. The zero-order valence-electron chi connectivity index (χ0n) is 23.9. The molecule has 0 spiro atoms. The molecular formula is C32H27Br2ClN2O6S. The van der Waals surface area contributed by atoms with Crippen molar-refractivity contribution in [2.24, 2.45) is 4.99 Å². The van der Waals surface area contributed by atoms with Crippen molar-refractivity contribution in [3.8, 4) is 17.2 Å². The number of nitrogens with zero attached hydrogens (tertiary/aromatic N) is 2. The molecule has 1 aliphatic rings. The zero-order chi connectivity index (χ0) is 31.4. The summed E-state index contributed by atoms with van der Waals surface area (Å²) in [6.45, 7) is 4.97. The van der Waals surface area contributed by atoms with Crippen molar-refractivity contribution in [2.75, 3.05) is 20.3 Å². The van der Waals surface area contributed by atoms with Crippen molar-refractivity contribution in [3.63, 3.8) is 0 Å². The lowest BCUT2D eigenvalue weighted by Crippen LogP contribution is -2.39. The number of aromatic nitrogens is 1. The molecule has 0 aliphatic carbocycles. The first-order valence-electron chi connectivity index (χ1n) is 13.6. The van der Waals surface area contributed by atoms with Crippen LogP contribution in [0.4, 0.5) is 0 Å². The van der Waals surface area contributed by atoms with Crippen molar-refractivity contribution in [1.29, 1.82) is 0 Å². The maximum absolute atomic E-state index is 13.9. The normalized spacial score (nSPS) is 14.4. The van der Waals surface area contributed by atoms with Gasteiger partial charge in [-0.15, -0.1) is 0 Å². The average molecular weight is 763 g/mol. The Labute approximate surface area is 279 Å². The van der Waals surface area contributed by atoms with Crippen LogP contribution in [0.1, 0.15) is 36.6 Å². The number of fused-ring (bicyclic) bond motifs is 1. The number of hydrogen-bond acceptors (Lipinski definition) is 8. The van der Waals surface area contributed by atoms with Gasteiger partial charge in [-0.05, 0) is 105 Å². The zero-order valence-corrected chi connectivity index (χ0v) is 28.7. The van der Waals surface area contributed by atoms with Gasteiger partial charge in [-0.2, -0.15) is 0 Å². The highest BCUT2D eigenvalue weighted by atomic mass is 79.9. The van der Waals surface area contributed by atoms with Gasteiger partial charge in [0.2, 0.25) is 0 Å². The van der Waals surface area contributed by atoms with E-state index in [1.165, 1.54) is 29.2 Å². The summed E-state index contributed by atoms with van der Waals surface area (Å²) in [6, 6.07) is 15.8. The molecule has 2 heterocycles. The van der Waals surface area contributed by atoms with Crippen molar-refractivity contribution in [1.82, 2.24) is 4.57 Å². The molecular weight excluding hydrogens is 736 g/mol. The highest BCUT2D eigenvalue weighted by molar-refractivity contribution is 9.11. The van der Waals surface area contributed by atoms with E-state index in [2.05, 4.69) is 36.9 Å². The lowest BCUT2D eigenvalue weighted by molar-refractivity contribution is -0.136. The quantitative estimate of drug-likeness (QED) is 0.170. The standard InChI is InChI=1S/C32H27Br2ClN2O6S/c1-4-41-25-10-9-20(15-26(25)42-5-2)28-22(31(39)40-3)16-36-32-37(28)30(38)27(44-32)14-19-12-23(33)29(24(34)13-19)43-17-18-7-6-8-21(35)11-18/h6-16,28H,4-5,17H2,1-3H3/b27-14+/t28-/m1/s1. The minimum atomic E-state index is -0.781. The molecule has 44 heavy (non-hydrogen) atoms. The Bertz CT molecular complexity index is 1910. The van der Waals surface area contributed by atoms with E-state index in [9.17, 15) is 9.59 Å². The van der Waals surface area contributed by atoms with Gasteiger partial charge >= 0.3 is 5.97 Å². The first kappa shape index (κ1) is 32.0. The summed E-state index contributed by atoms with van der Waals surface area (Å²) >= 11 is 14.5. The molecule has 1 aliphatic heterocycles. The van der Waals surface area contributed by atoms with Gasteiger partial charge < -0.3 is 18.9 Å². The molecule has 0 fully saturated rings. The first-order valence-corrected chi connectivity index (χ1v) is 16.4. The van der Waals surface area contributed by atoms with E-state index in [1.54, 1.807) is 18.2 Å². The van der Waals surface area contributed by atoms with Gasteiger partial charge in [0, 0.05) is 11.2 Å². The Hall–Kier alpha value is -3.38. The van der Waals surface area contributed by atoms with Crippen LogP contribution in [-0.4, -0.2) is 30.9 Å². The van der Waals surface area contributed by atoms with Crippen LogP contribution in [0.25, 0.3) is 6.08 Å². The van der Waals surface area contributed by atoms with Crippen molar-refractivity contribution in [2.45, 2.75) is 26.5 Å². The first-order chi connectivity index (χ1) is 21.2. The summed E-state index contributed by atoms with van der Waals surface area (Å²) in [5, 5.41) is 0.638. The number of carbonyl (C=O) groups is 1. The summed E-state index contributed by atoms with van der Waals surface area (Å²) in [6.07, 6.45) is 3.24. The monoisotopic (exact) mass is 760 g/mol. The second-order valence-corrected chi connectivity index (χ2v) is 12.6. The Kier molecular flexibility index (Phi) is 10.3. The van der Waals surface area contributed by atoms with Crippen LogP contribution >= 0.6 is 54.8 Å². The third-order valence-corrected chi connectivity index (χ3v) is 9.01. The summed E-state index contributed by atoms with van der Waals surface area (Å²) in [5.74, 6) is 1.13. The molecule has 0 saturated heterocycles. The van der Waals surface area contributed by atoms with E-state index >= 15 is 0 Å². The highest BCUT2D eigenvalue weighted by Crippen LogP contribution is 2.37. The molecule has 3 aromatic carbocycles. The lowest BCUT2D eigenvalue weighted by atomic mass is 9.97. The topological polar surface area (TPSA) is 88.4 Å². The maximum atomic E-state index is 13.9. The van der Waals surface area contributed by atoms with E-state index in [0.29, 0.717) is 65.9 Å². The fraction of sp³-hybridized carbons (Fsp3) is 0.219. The summed E-state index contributed by atoms with van der Waals surface area (Å²) in [7, 11) is 1.30. The van der Waals surface area contributed by atoms with E-state index in [1.807, 2.05) is 56.3 Å². The Morgan fingerprint density at radius 2 is 1.75 bits per heavy atom. The molecule has 5 rings (SSSR count). The van der Waals surface area contributed by atoms with Gasteiger partial charge in [0.15, 0.2) is 16.3 Å². The third-order valence-electron chi connectivity index (χ3n) is 6.60. The fourth-order valence-corrected chi connectivity index (χ4v) is 7.35. The molecule has 8 nitrogen and oxygen atoms in total. The molecule has 0 N–H and O–H groups in total. The van der Waals surface area contributed by atoms with Gasteiger partial charge in [-0.3, -0.25) is 9.36 Å². The minimum Gasteiger partial charge on any atom is -0.490 e. The molecule has 0 saturated carbocycles. The fourth-order valence-electron chi connectivity index (χ4n) is 4.72. The van der Waals surface area contributed by atoms with E-state index in [-0.39, 0.29) is 11.1 Å². The van der Waals surface area contributed by atoms with Gasteiger partial charge in [0.25, 0.3) is 5.56 Å². The Morgan fingerprint density at radius 1 is 1.02 bits per heavy atom. The molecule has 0 unspecified atom stereocenters. The van der Waals surface area contributed by atoms with Crippen LogP contribution in [0.2, 0.25) is 5.02 Å². The number of hydrogen-bond donors (Lipinski definition) is 0. The molecule has 0 amide bonds. The summed E-state index contributed by atoms with van der Waals surface area (Å²) in [4.78, 5) is 31.7. The van der Waals surface area contributed by atoms with Crippen molar-refractivity contribution in [3.05, 3.63) is 117 Å². The molecule has 1 atom stereocenters. The van der Waals surface area contributed by atoms with Crippen LogP contribution in [0, 0.1) is 0 Å². The van der Waals surface area contributed by atoms with E-state index in [4.69, 9.17) is 30.5 Å². The average Bonchev–Trinajstić information content (AvgIpc) is 3.31. The Balaban J connectivity index is 1.54. The molecule has 0 bridgehead atoms. The summed E-state index contributed by atoms with van der Waals surface area (Å²) in [5.41, 5.74) is 2.28. The second-order valence-electron chi connectivity index (χ2n) is 9.48. The second kappa shape index (κ2) is 14.2. The smallest absolute Gasteiger partial charge is 0.337 e. The predicted molar refractivity (Wildman–Crippen MR) is 178 cm³/mol. The number of esters is 1. The minimum absolute atomic E-state index is 0.227. The van der Waals surface area contributed by atoms with E-state index < -0.39 is 12.0 Å². The highest BCUT2D eigenvalue weighted by Gasteiger charge is 2.31. The molecule has 0 radical (unpaired) electrons. The number of thiazole rings is 1. The molecule has 1 aromatic heterocycles. The third kappa shape index (κ3) is 6.81. The number of methoxy groups -OCH3 is 1. The number of carbonyl (C=O) groups excluding carboxylic acids is 1. The maximum Gasteiger partial charge on any atom is 0.337 e. The van der Waals surface area contributed by atoms with Crippen LogP contribution < -0.4 is 29.1 Å². The van der Waals surface area contributed by atoms with Crippen LogP contribution in [0.3, 0.4) is 0 Å². The molecule has 12 heteroatoms. The Morgan fingerprint density at radius 3 is 2.43 bits per heavy atom. The number of benzene rings is 3. The number of halogens is 3. The van der Waals surface area contributed by atoms with Crippen LogP contribution in [0.5, 0.6) is 17.2 Å². The predicted octanol–water partition coefficient (Wildman–Crippen LogP) is 6.57. The van der Waals surface area contributed by atoms with Gasteiger partial charge in [0.1, 0.15) is 12.4 Å². The van der Waals surface area contributed by atoms with Gasteiger partial charge in [-0.1, -0.05) is 41.1 Å². The number of rotatable bonds is 10. The van der Waals surface area contributed by atoms with Crippen molar-refractivity contribution >= 4 is 66.8 Å². The number of ether oxygens (including phenoxy) is 4. The van der Waals surface area contributed by atoms with Crippen molar-refractivity contribution < 1.29 is 23.7 Å². The van der Waals surface area contributed by atoms with Gasteiger partial charge in [0.05, 0.1) is 45.4 Å². The molecule has 228 valence electrons.